The largest absolute Gasteiger partial charge is 0.378 e. The van der Waals surface area contributed by atoms with E-state index in [9.17, 15) is 4.79 Å². The first kappa shape index (κ1) is 11.5. The minimum Gasteiger partial charge on any atom is -0.378 e. The molecule has 0 radical (unpaired) electrons. The van der Waals surface area contributed by atoms with Crippen molar-refractivity contribution in [2.24, 2.45) is 0 Å². The van der Waals surface area contributed by atoms with Gasteiger partial charge in [-0.15, -0.1) is 0 Å². The van der Waals surface area contributed by atoms with Crippen molar-refractivity contribution in [3.05, 3.63) is 0 Å². The molecule has 3 heteroatoms. The maximum absolute atomic E-state index is 10.9. The molecular formula is C11H21NO2. The van der Waals surface area contributed by atoms with Crippen molar-refractivity contribution in [3.63, 3.8) is 0 Å². The number of hydrogen-bond acceptors (Lipinski definition) is 2. The molecule has 3 nitrogen and oxygen atoms in total. The van der Waals surface area contributed by atoms with E-state index in [2.05, 4.69) is 5.32 Å². The van der Waals surface area contributed by atoms with E-state index in [0.717, 1.165) is 13.0 Å². The summed E-state index contributed by atoms with van der Waals surface area (Å²) in [5, 5.41) is 2.61. The summed E-state index contributed by atoms with van der Waals surface area (Å²) in [7, 11) is 1.67. The lowest BCUT2D eigenvalue weighted by Gasteiger charge is -2.21. The van der Waals surface area contributed by atoms with E-state index in [1.54, 1.807) is 7.05 Å². The molecule has 1 aliphatic rings. The summed E-state index contributed by atoms with van der Waals surface area (Å²) in [6.07, 6.45) is 8.28. The molecule has 0 aromatic heterocycles. The van der Waals surface area contributed by atoms with Crippen molar-refractivity contribution in [2.75, 3.05) is 13.7 Å². The first-order chi connectivity index (χ1) is 6.83. The second-order valence-corrected chi connectivity index (χ2v) is 3.91. The van der Waals surface area contributed by atoms with Crippen LogP contribution >= 0.6 is 0 Å². The van der Waals surface area contributed by atoms with Crippen LogP contribution in [-0.2, 0) is 9.53 Å². The summed E-state index contributed by atoms with van der Waals surface area (Å²) < 4.78 is 5.70. The molecule has 0 aromatic carbocycles. The van der Waals surface area contributed by atoms with Crippen LogP contribution in [-0.4, -0.2) is 25.7 Å². The number of hydrogen-bond donors (Lipinski definition) is 1. The molecule has 1 N–H and O–H groups in total. The number of carbonyl (C=O) groups is 1. The fourth-order valence-corrected chi connectivity index (χ4v) is 1.84. The number of amides is 1. The minimum absolute atomic E-state index is 0.109. The highest BCUT2D eigenvalue weighted by Gasteiger charge is 2.13. The predicted octanol–water partition coefficient (Wildman–Crippen LogP) is 1.86. The van der Waals surface area contributed by atoms with Gasteiger partial charge in [0, 0.05) is 20.1 Å². The maximum atomic E-state index is 10.9. The molecule has 0 unspecified atom stereocenters. The van der Waals surface area contributed by atoms with Gasteiger partial charge in [-0.05, 0) is 19.3 Å². The molecule has 0 heterocycles. The predicted molar refractivity (Wildman–Crippen MR) is 56.1 cm³/mol. The molecule has 14 heavy (non-hydrogen) atoms. The normalized spacial score (nSPS) is 18.1. The van der Waals surface area contributed by atoms with Crippen molar-refractivity contribution >= 4 is 5.91 Å². The maximum Gasteiger partial charge on any atom is 0.219 e. The summed E-state index contributed by atoms with van der Waals surface area (Å²) in [6.45, 7) is 0.734. The zero-order valence-electron chi connectivity index (χ0n) is 9.05. The van der Waals surface area contributed by atoms with Crippen LogP contribution in [0.5, 0.6) is 0 Å². The van der Waals surface area contributed by atoms with Crippen LogP contribution in [0.3, 0.4) is 0 Å². The number of rotatable bonds is 5. The Bertz CT molecular complexity index is 165. The van der Waals surface area contributed by atoms with Crippen LogP contribution in [0.4, 0.5) is 0 Å². The molecule has 1 fully saturated rings. The number of nitrogens with one attached hydrogen (secondary N) is 1. The third kappa shape index (κ3) is 4.61. The highest BCUT2D eigenvalue weighted by Crippen LogP contribution is 2.20. The summed E-state index contributed by atoms with van der Waals surface area (Å²) in [5.41, 5.74) is 0. The first-order valence-electron chi connectivity index (χ1n) is 5.65. The molecular weight excluding hydrogens is 178 g/mol. The smallest absolute Gasteiger partial charge is 0.219 e. The standard InChI is InChI=1S/C11H21NO2/c1-12-11(13)8-5-9-14-10-6-3-2-4-7-10/h10H,2-9H2,1H3,(H,12,13). The van der Waals surface area contributed by atoms with Gasteiger partial charge in [-0.2, -0.15) is 0 Å². The van der Waals surface area contributed by atoms with Gasteiger partial charge in [-0.3, -0.25) is 4.79 Å². The van der Waals surface area contributed by atoms with E-state index in [-0.39, 0.29) is 5.91 Å². The Morgan fingerprint density at radius 2 is 2.07 bits per heavy atom. The Labute approximate surface area is 86.2 Å². The molecule has 1 saturated carbocycles. The molecule has 1 amide bonds. The van der Waals surface area contributed by atoms with Crippen LogP contribution in [0.15, 0.2) is 0 Å². The lowest BCUT2D eigenvalue weighted by molar-refractivity contribution is -0.121. The summed E-state index contributed by atoms with van der Waals surface area (Å²) in [4.78, 5) is 10.9. The third-order valence-corrected chi connectivity index (χ3v) is 2.73. The van der Waals surface area contributed by atoms with Gasteiger partial charge in [0.05, 0.1) is 6.10 Å². The fraction of sp³-hybridized carbons (Fsp3) is 0.909. The van der Waals surface area contributed by atoms with Crippen molar-refractivity contribution in [3.8, 4) is 0 Å². The van der Waals surface area contributed by atoms with Crippen LogP contribution < -0.4 is 5.32 Å². The van der Waals surface area contributed by atoms with E-state index in [1.165, 1.54) is 32.1 Å². The van der Waals surface area contributed by atoms with Crippen LogP contribution in [0.25, 0.3) is 0 Å². The summed E-state index contributed by atoms with van der Waals surface area (Å²) >= 11 is 0. The molecule has 0 bridgehead atoms. The topological polar surface area (TPSA) is 38.3 Å². The van der Waals surface area contributed by atoms with Crippen LogP contribution in [0.1, 0.15) is 44.9 Å². The Morgan fingerprint density at radius 3 is 2.71 bits per heavy atom. The summed E-state index contributed by atoms with van der Waals surface area (Å²) in [5.74, 6) is 0.109. The number of carbonyl (C=O) groups excluding carboxylic acids is 1. The molecule has 1 rings (SSSR count). The molecule has 0 aliphatic heterocycles. The zero-order valence-corrected chi connectivity index (χ0v) is 9.05. The molecule has 0 spiro atoms. The van der Waals surface area contributed by atoms with Gasteiger partial charge in [0.1, 0.15) is 0 Å². The van der Waals surface area contributed by atoms with Gasteiger partial charge >= 0.3 is 0 Å². The second-order valence-electron chi connectivity index (χ2n) is 3.91. The average molecular weight is 199 g/mol. The Hall–Kier alpha value is -0.570. The lowest BCUT2D eigenvalue weighted by atomic mass is 9.98. The molecule has 0 aromatic rings. The second kappa shape index (κ2) is 6.82. The molecule has 82 valence electrons. The van der Waals surface area contributed by atoms with Gasteiger partial charge in [-0.1, -0.05) is 19.3 Å². The van der Waals surface area contributed by atoms with Gasteiger partial charge in [-0.25, -0.2) is 0 Å². The third-order valence-electron chi connectivity index (χ3n) is 2.73. The molecule has 0 atom stereocenters. The van der Waals surface area contributed by atoms with E-state index < -0.39 is 0 Å². The van der Waals surface area contributed by atoms with Gasteiger partial charge in [0.2, 0.25) is 5.91 Å². The first-order valence-corrected chi connectivity index (χ1v) is 5.65. The monoisotopic (exact) mass is 199 g/mol. The fourth-order valence-electron chi connectivity index (χ4n) is 1.84. The number of ether oxygens (including phenoxy) is 1. The Kier molecular flexibility index (Phi) is 5.60. The van der Waals surface area contributed by atoms with Crippen LogP contribution in [0.2, 0.25) is 0 Å². The molecule has 0 saturated heterocycles. The van der Waals surface area contributed by atoms with Crippen molar-refractivity contribution in [1.29, 1.82) is 0 Å². The van der Waals surface area contributed by atoms with Gasteiger partial charge in [0.25, 0.3) is 0 Å². The zero-order chi connectivity index (χ0) is 10.2. The van der Waals surface area contributed by atoms with Gasteiger partial charge in [0.15, 0.2) is 0 Å². The summed E-state index contributed by atoms with van der Waals surface area (Å²) in [6, 6.07) is 0. The Morgan fingerprint density at radius 1 is 1.36 bits per heavy atom. The van der Waals surface area contributed by atoms with Crippen molar-refractivity contribution in [2.45, 2.75) is 51.0 Å². The minimum atomic E-state index is 0.109. The average Bonchev–Trinajstić information content (AvgIpc) is 2.25. The van der Waals surface area contributed by atoms with Crippen LogP contribution in [0, 0.1) is 0 Å². The highest BCUT2D eigenvalue weighted by atomic mass is 16.5. The van der Waals surface area contributed by atoms with E-state index in [4.69, 9.17) is 4.74 Å². The Balaban J connectivity index is 1.94. The molecule has 1 aliphatic carbocycles. The van der Waals surface area contributed by atoms with Crippen molar-refractivity contribution < 1.29 is 9.53 Å². The SMILES string of the molecule is CNC(=O)CCCOC1CCCCC1. The highest BCUT2D eigenvalue weighted by molar-refractivity contribution is 5.75. The van der Waals surface area contributed by atoms with Gasteiger partial charge < -0.3 is 10.1 Å². The quantitative estimate of drug-likeness (QED) is 0.686. The van der Waals surface area contributed by atoms with E-state index in [0.29, 0.717) is 12.5 Å². The lowest BCUT2D eigenvalue weighted by Crippen LogP contribution is -2.20. The van der Waals surface area contributed by atoms with E-state index in [1.807, 2.05) is 0 Å². The van der Waals surface area contributed by atoms with E-state index >= 15 is 0 Å². The van der Waals surface area contributed by atoms with Crippen molar-refractivity contribution in [1.82, 2.24) is 5.32 Å².